The number of methoxy groups -OCH3 is 1. The van der Waals surface area contributed by atoms with E-state index in [-0.39, 0.29) is 5.75 Å². The summed E-state index contributed by atoms with van der Waals surface area (Å²) in [6, 6.07) is 3.48. The van der Waals surface area contributed by atoms with Crippen molar-refractivity contribution in [3.05, 3.63) is 22.7 Å². The van der Waals surface area contributed by atoms with E-state index in [2.05, 4.69) is 5.32 Å². The molecular weight excluding hydrogens is 238 g/mol. The van der Waals surface area contributed by atoms with Crippen LogP contribution in [0, 0.1) is 5.92 Å². The summed E-state index contributed by atoms with van der Waals surface area (Å²) in [6.45, 7) is 2.08. The van der Waals surface area contributed by atoms with Crippen LogP contribution in [0.5, 0.6) is 11.5 Å². The van der Waals surface area contributed by atoms with E-state index in [1.807, 2.05) is 0 Å². The van der Waals surface area contributed by atoms with E-state index in [1.165, 1.54) is 12.8 Å². The molecule has 0 aliphatic carbocycles. The van der Waals surface area contributed by atoms with Crippen LogP contribution in [0.15, 0.2) is 12.1 Å². The van der Waals surface area contributed by atoms with Crippen LogP contribution in [-0.2, 0) is 6.42 Å². The lowest BCUT2D eigenvalue weighted by atomic mass is 9.92. The molecule has 2 rings (SSSR count). The molecule has 0 radical (unpaired) electrons. The third-order valence-electron chi connectivity index (χ3n) is 3.30. The van der Waals surface area contributed by atoms with Crippen molar-refractivity contribution in [1.29, 1.82) is 0 Å². The Hall–Kier alpha value is -0.930. The van der Waals surface area contributed by atoms with Crippen molar-refractivity contribution in [2.75, 3.05) is 20.2 Å². The Bertz CT molecular complexity index is 389. The fraction of sp³-hybridized carbons (Fsp3) is 0.538. The number of phenolic OH excluding ortho intramolecular Hbond substituents is 1. The summed E-state index contributed by atoms with van der Waals surface area (Å²) in [4.78, 5) is 0. The van der Waals surface area contributed by atoms with Crippen LogP contribution in [0.1, 0.15) is 18.4 Å². The minimum Gasteiger partial charge on any atom is -0.504 e. The maximum atomic E-state index is 10.1. The Kier molecular flexibility index (Phi) is 4.13. The quantitative estimate of drug-likeness (QED) is 0.872. The normalized spacial score (nSPS) is 20.2. The largest absolute Gasteiger partial charge is 0.504 e. The van der Waals surface area contributed by atoms with Crippen LogP contribution in [0.2, 0.25) is 5.02 Å². The molecule has 0 saturated carbocycles. The number of piperidine rings is 1. The number of nitrogens with one attached hydrogen (secondary N) is 1. The summed E-state index contributed by atoms with van der Waals surface area (Å²) in [5.41, 5.74) is 0.805. The molecule has 1 fully saturated rings. The summed E-state index contributed by atoms with van der Waals surface area (Å²) >= 11 is 6.14. The van der Waals surface area contributed by atoms with Gasteiger partial charge in [-0.05, 0) is 50.4 Å². The zero-order valence-corrected chi connectivity index (χ0v) is 10.8. The van der Waals surface area contributed by atoms with Crippen molar-refractivity contribution in [2.45, 2.75) is 19.3 Å². The van der Waals surface area contributed by atoms with Crippen LogP contribution in [0.4, 0.5) is 0 Å². The van der Waals surface area contributed by atoms with Gasteiger partial charge in [-0.25, -0.2) is 0 Å². The maximum Gasteiger partial charge on any atom is 0.162 e. The molecule has 0 spiro atoms. The smallest absolute Gasteiger partial charge is 0.162 e. The van der Waals surface area contributed by atoms with Crippen LogP contribution < -0.4 is 10.1 Å². The van der Waals surface area contributed by atoms with Gasteiger partial charge in [0.2, 0.25) is 0 Å². The molecule has 1 aliphatic rings. The Labute approximate surface area is 107 Å². The SMILES string of the molecule is COc1ccc(Cl)c(CC2CCCNC2)c1O. The van der Waals surface area contributed by atoms with E-state index < -0.39 is 0 Å². The summed E-state index contributed by atoms with van der Waals surface area (Å²) in [5.74, 6) is 1.22. The summed E-state index contributed by atoms with van der Waals surface area (Å²) in [6.07, 6.45) is 3.17. The highest BCUT2D eigenvalue weighted by Gasteiger charge is 2.19. The molecule has 2 N–H and O–H groups in total. The van der Waals surface area contributed by atoms with Gasteiger partial charge in [0.25, 0.3) is 0 Å². The molecule has 17 heavy (non-hydrogen) atoms. The second-order valence-electron chi connectivity index (χ2n) is 4.49. The molecule has 1 aliphatic heterocycles. The van der Waals surface area contributed by atoms with Gasteiger partial charge < -0.3 is 15.2 Å². The van der Waals surface area contributed by atoms with Gasteiger partial charge in [-0.3, -0.25) is 0 Å². The van der Waals surface area contributed by atoms with E-state index in [9.17, 15) is 5.11 Å². The van der Waals surface area contributed by atoms with E-state index >= 15 is 0 Å². The summed E-state index contributed by atoms with van der Waals surface area (Å²) in [5, 5.41) is 14.1. The highest BCUT2D eigenvalue weighted by molar-refractivity contribution is 6.31. The molecule has 3 nitrogen and oxygen atoms in total. The van der Waals surface area contributed by atoms with Crippen LogP contribution in [0.25, 0.3) is 0 Å². The highest BCUT2D eigenvalue weighted by Crippen LogP contribution is 2.36. The molecule has 1 aromatic rings. The molecular formula is C13H18ClNO2. The first kappa shape index (κ1) is 12.5. The number of hydrogen-bond acceptors (Lipinski definition) is 3. The summed E-state index contributed by atoms with van der Waals surface area (Å²) in [7, 11) is 1.55. The molecule has 4 heteroatoms. The van der Waals surface area contributed by atoms with Crippen molar-refractivity contribution < 1.29 is 9.84 Å². The predicted octanol–water partition coefficient (Wildman–Crippen LogP) is 2.60. The van der Waals surface area contributed by atoms with Crippen molar-refractivity contribution in [1.82, 2.24) is 5.32 Å². The van der Waals surface area contributed by atoms with Crippen LogP contribution in [-0.4, -0.2) is 25.3 Å². The molecule has 0 bridgehead atoms. The van der Waals surface area contributed by atoms with Crippen LogP contribution in [0.3, 0.4) is 0 Å². The average molecular weight is 256 g/mol. The first-order valence-electron chi connectivity index (χ1n) is 5.97. The van der Waals surface area contributed by atoms with Gasteiger partial charge in [0.15, 0.2) is 11.5 Å². The Morgan fingerprint density at radius 3 is 3.00 bits per heavy atom. The molecule has 1 heterocycles. The highest BCUT2D eigenvalue weighted by atomic mass is 35.5. The first-order chi connectivity index (χ1) is 8.22. The Morgan fingerprint density at radius 2 is 2.35 bits per heavy atom. The minimum absolute atomic E-state index is 0.186. The summed E-state index contributed by atoms with van der Waals surface area (Å²) < 4.78 is 5.11. The van der Waals surface area contributed by atoms with E-state index in [4.69, 9.17) is 16.3 Å². The fourth-order valence-corrected chi connectivity index (χ4v) is 2.57. The zero-order valence-electron chi connectivity index (χ0n) is 10.0. The molecule has 1 unspecified atom stereocenters. The molecule has 94 valence electrons. The lowest BCUT2D eigenvalue weighted by Crippen LogP contribution is -2.30. The predicted molar refractivity (Wildman–Crippen MR) is 69.0 cm³/mol. The Balaban J connectivity index is 2.18. The van der Waals surface area contributed by atoms with Crippen LogP contribution >= 0.6 is 11.6 Å². The van der Waals surface area contributed by atoms with Gasteiger partial charge in [-0.1, -0.05) is 11.6 Å². The number of benzene rings is 1. The van der Waals surface area contributed by atoms with Gasteiger partial charge >= 0.3 is 0 Å². The van der Waals surface area contributed by atoms with Crippen molar-refractivity contribution in [3.63, 3.8) is 0 Å². The lowest BCUT2D eigenvalue weighted by molar-refractivity contribution is 0.354. The van der Waals surface area contributed by atoms with E-state index in [1.54, 1.807) is 19.2 Å². The number of halogens is 1. The Morgan fingerprint density at radius 1 is 1.53 bits per heavy atom. The van der Waals surface area contributed by atoms with Crippen molar-refractivity contribution in [2.24, 2.45) is 5.92 Å². The number of aromatic hydroxyl groups is 1. The van der Waals surface area contributed by atoms with E-state index in [0.717, 1.165) is 25.1 Å². The lowest BCUT2D eigenvalue weighted by Gasteiger charge is -2.23. The third-order valence-corrected chi connectivity index (χ3v) is 3.65. The first-order valence-corrected chi connectivity index (χ1v) is 6.35. The molecule has 0 aromatic heterocycles. The van der Waals surface area contributed by atoms with Gasteiger partial charge in [-0.2, -0.15) is 0 Å². The van der Waals surface area contributed by atoms with Crippen molar-refractivity contribution >= 4 is 11.6 Å². The second kappa shape index (κ2) is 5.61. The molecule has 0 amide bonds. The molecule has 1 aromatic carbocycles. The van der Waals surface area contributed by atoms with Crippen molar-refractivity contribution in [3.8, 4) is 11.5 Å². The average Bonchev–Trinajstić information content (AvgIpc) is 2.36. The van der Waals surface area contributed by atoms with Gasteiger partial charge in [0, 0.05) is 10.6 Å². The van der Waals surface area contributed by atoms with E-state index in [0.29, 0.717) is 16.7 Å². The minimum atomic E-state index is 0.186. The third kappa shape index (κ3) is 2.85. The van der Waals surface area contributed by atoms with Gasteiger partial charge in [0.1, 0.15) is 0 Å². The standard InChI is InChI=1S/C13H18ClNO2/c1-17-12-5-4-11(14)10(13(12)16)7-9-3-2-6-15-8-9/h4-5,9,15-16H,2-3,6-8H2,1H3. The van der Waals surface area contributed by atoms with Gasteiger partial charge in [-0.15, -0.1) is 0 Å². The number of hydrogen-bond donors (Lipinski definition) is 2. The maximum absolute atomic E-state index is 10.1. The monoisotopic (exact) mass is 255 g/mol. The fourth-order valence-electron chi connectivity index (χ4n) is 2.34. The number of rotatable bonds is 3. The number of ether oxygens (including phenoxy) is 1. The topological polar surface area (TPSA) is 41.5 Å². The van der Waals surface area contributed by atoms with Gasteiger partial charge in [0.05, 0.1) is 7.11 Å². The number of phenols is 1. The molecule has 1 saturated heterocycles. The zero-order chi connectivity index (χ0) is 12.3. The molecule has 1 atom stereocenters. The second-order valence-corrected chi connectivity index (χ2v) is 4.90.